The van der Waals surface area contributed by atoms with Gasteiger partial charge in [0.25, 0.3) is 0 Å². The molecular weight excluding hydrogens is 310 g/mol. The number of thiophene rings is 1. The Balaban J connectivity index is 1.68. The quantitative estimate of drug-likeness (QED) is 0.750. The number of likely N-dealkylation sites (tertiary alicyclic amines) is 1. The zero-order valence-corrected chi connectivity index (χ0v) is 13.7. The number of halogens is 1. The Kier molecular flexibility index (Phi) is 3.53. The highest BCUT2D eigenvalue weighted by Crippen LogP contribution is 2.37. The third-order valence-corrected chi connectivity index (χ3v) is 4.91. The smallest absolute Gasteiger partial charge is 0.410 e. The van der Waals surface area contributed by atoms with Crippen LogP contribution in [0.2, 0.25) is 5.15 Å². The monoisotopic (exact) mass is 325 g/mol. The van der Waals surface area contributed by atoms with Crippen molar-refractivity contribution in [2.75, 3.05) is 13.1 Å². The summed E-state index contributed by atoms with van der Waals surface area (Å²) in [5, 5.41) is 0.486. The highest BCUT2D eigenvalue weighted by molar-refractivity contribution is 7.19. The number of fused-ring (bicyclic) bond motifs is 1. The van der Waals surface area contributed by atoms with Crippen molar-refractivity contribution in [3.63, 3.8) is 0 Å². The van der Waals surface area contributed by atoms with Crippen LogP contribution in [0.5, 0.6) is 0 Å². The van der Waals surface area contributed by atoms with E-state index in [1.54, 1.807) is 16.2 Å². The lowest BCUT2D eigenvalue weighted by atomic mass is 9.99. The van der Waals surface area contributed by atoms with E-state index in [1.165, 1.54) is 11.2 Å². The number of ether oxygens (including phenoxy) is 1. The van der Waals surface area contributed by atoms with Crippen molar-refractivity contribution >= 4 is 39.2 Å². The predicted octanol–water partition coefficient (Wildman–Crippen LogP) is 3.68. The summed E-state index contributed by atoms with van der Waals surface area (Å²) in [5.41, 5.74) is 0.411. The van der Waals surface area contributed by atoms with Crippen LogP contribution in [0.25, 0.3) is 10.2 Å². The summed E-state index contributed by atoms with van der Waals surface area (Å²) in [6, 6.07) is 2.03. The summed E-state index contributed by atoms with van der Waals surface area (Å²) in [6.07, 6.45) is 1.22. The summed E-state index contributed by atoms with van der Waals surface area (Å²) >= 11 is 7.66. The minimum atomic E-state index is -0.455. The number of hydrogen-bond donors (Lipinski definition) is 0. The Bertz CT molecular complexity index is 689. The van der Waals surface area contributed by atoms with E-state index in [-0.39, 0.29) is 6.09 Å². The maximum Gasteiger partial charge on any atom is 0.410 e. The first-order chi connectivity index (χ1) is 9.83. The molecule has 21 heavy (non-hydrogen) atoms. The molecule has 1 aliphatic rings. The van der Waals surface area contributed by atoms with E-state index < -0.39 is 5.60 Å². The fraction of sp³-hybridized carbons (Fsp3) is 0.500. The molecule has 0 atom stereocenters. The van der Waals surface area contributed by atoms with Crippen molar-refractivity contribution < 1.29 is 9.53 Å². The third kappa shape index (κ3) is 2.96. The molecule has 2 aromatic rings. The first kappa shape index (κ1) is 14.5. The standard InChI is InChI=1S/C14H16ClN3O2S/c1-14(2,3)20-13(19)18-5-8(6-18)10-4-9-11(21-10)12(15)17-7-16-9/h4,7-8H,5-6H2,1-3H3. The van der Waals surface area contributed by atoms with E-state index in [2.05, 4.69) is 9.97 Å². The zero-order valence-electron chi connectivity index (χ0n) is 12.1. The van der Waals surface area contributed by atoms with Crippen molar-refractivity contribution in [1.29, 1.82) is 0 Å². The number of carbonyl (C=O) groups is 1. The van der Waals surface area contributed by atoms with E-state index in [4.69, 9.17) is 16.3 Å². The van der Waals surface area contributed by atoms with Crippen molar-refractivity contribution in [1.82, 2.24) is 14.9 Å². The lowest BCUT2D eigenvalue weighted by molar-refractivity contribution is 0.00847. The molecule has 1 fully saturated rings. The molecule has 0 saturated carbocycles. The van der Waals surface area contributed by atoms with Crippen molar-refractivity contribution in [2.45, 2.75) is 32.3 Å². The summed E-state index contributed by atoms with van der Waals surface area (Å²) in [6.45, 7) is 6.96. The van der Waals surface area contributed by atoms with Gasteiger partial charge in [0, 0.05) is 23.9 Å². The molecule has 0 aliphatic carbocycles. The highest BCUT2D eigenvalue weighted by Gasteiger charge is 2.35. The molecule has 1 saturated heterocycles. The molecule has 0 aromatic carbocycles. The van der Waals surface area contributed by atoms with Crippen LogP contribution in [0.3, 0.4) is 0 Å². The average molecular weight is 326 g/mol. The Morgan fingerprint density at radius 2 is 2.14 bits per heavy atom. The molecule has 3 heterocycles. The van der Waals surface area contributed by atoms with Gasteiger partial charge < -0.3 is 9.64 Å². The topological polar surface area (TPSA) is 55.3 Å². The summed E-state index contributed by atoms with van der Waals surface area (Å²) in [7, 11) is 0. The molecule has 112 valence electrons. The van der Waals surface area contributed by atoms with Gasteiger partial charge in [0.2, 0.25) is 0 Å². The molecule has 3 rings (SSSR count). The number of hydrogen-bond acceptors (Lipinski definition) is 5. The van der Waals surface area contributed by atoms with Crippen LogP contribution in [0.4, 0.5) is 4.79 Å². The Hall–Kier alpha value is -1.40. The second-order valence-corrected chi connectivity index (χ2v) is 7.55. The van der Waals surface area contributed by atoms with E-state index in [9.17, 15) is 4.79 Å². The SMILES string of the molecule is CC(C)(C)OC(=O)N1CC(c2cc3ncnc(Cl)c3s2)C1. The summed E-state index contributed by atoms with van der Waals surface area (Å²) in [5.74, 6) is 0.327. The number of carbonyl (C=O) groups excluding carboxylic acids is 1. The molecule has 2 aromatic heterocycles. The second-order valence-electron chi connectivity index (χ2n) is 6.11. The van der Waals surface area contributed by atoms with Crippen LogP contribution < -0.4 is 0 Å². The first-order valence-electron chi connectivity index (χ1n) is 6.71. The van der Waals surface area contributed by atoms with Crippen LogP contribution >= 0.6 is 22.9 Å². The Labute approximate surface area is 131 Å². The van der Waals surface area contributed by atoms with Gasteiger partial charge in [0.15, 0.2) is 0 Å². The molecule has 1 amide bonds. The average Bonchev–Trinajstić information content (AvgIpc) is 2.69. The molecule has 0 N–H and O–H groups in total. The van der Waals surface area contributed by atoms with Gasteiger partial charge in [-0.25, -0.2) is 14.8 Å². The lowest BCUT2D eigenvalue weighted by Gasteiger charge is -2.39. The maximum atomic E-state index is 11.9. The van der Waals surface area contributed by atoms with Crippen LogP contribution in [0.1, 0.15) is 31.6 Å². The van der Waals surface area contributed by atoms with Gasteiger partial charge >= 0.3 is 6.09 Å². The van der Waals surface area contributed by atoms with Gasteiger partial charge in [-0.05, 0) is 26.8 Å². The minimum Gasteiger partial charge on any atom is -0.444 e. The molecule has 1 aliphatic heterocycles. The summed E-state index contributed by atoms with van der Waals surface area (Å²) < 4.78 is 6.26. The second kappa shape index (κ2) is 5.10. The van der Waals surface area contributed by atoms with Gasteiger partial charge in [-0.3, -0.25) is 0 Å². The van der Waals surface area contributed by atoms with Gasteiger partial charge in [0.1, 0.15) is 17.1 Å². The minimum absolute atomic E-state index is 0.252. The lowest BCUT2D eigenvalue weighted by Crippen LogP contribution is -2.50. The molecule has 0 unspecified atom stereocenters. The molecular formula is C14H16ClN3O2S. The van der Waals surface area contributed by atoms with E-state index in [1.807, 2.05) is 26.8 Å². The fourth-order valence-corrected chi connectivity index (χ4v) is 3.51. The Morgan fingerprint density at radius 1 is 1.43 bits per heavy atom. The van der Waals surface area contributed by atoms with Gasteiger partial charge in [-0.2, -0.15) is 0 Å². The number of aromatic nitrogens is 2. The largest absolute Gasteiger partial charge is 0.444 e. The van der Waals surface area contributed by atoms with Crippen molar-refractivity contribution in [2.24, 2.45) is 0 Å². The van der Waals surface area contributed by atoms with Crippen LogP contribution in [0.15, 0.2) is 12.4 Å². The first-order valence-corrected chi connectivity index (χ1v) is 7.91. The summed E-state index contributed by atoms with van der Waals surface area (Å²) in [4.78, 5) is 23.0. The molecule has 0 radical (unpaired) electrons. The highest BCUT2D eigenvalue weighted by atomic mass is 35.5. The zero-order chi connectivity index (χ0) is 15.2. The van der Waals surface area contributed by atoms with Crippen molar-refractivity contribution in [3.05, 3.63) is 22.4 Å². The maximum absolute atomic E-state index is 11.9. The van der Waals surface area contributed by atoms with E-state index >= 15 is 0 Å². The predicted molar refractivity (Wildman–Crippen MR) is 83.0 cm³/mol. The number of nitrogens with zero attached hydrogens (tertiary/aromatic N) is 3. The third-order valence-electron chi connectivity index (χ3n) is 3.22. The van der Waals surface area contributed by atoms with E-state index in [0.29, 0.717) is 24.2 Å². The van der Waals surface area contributed by atoms with Gasteiger partial charge in [-0.15, -0.1) is 11.3 Å². The number of rotatable bonds is 1. The normalized spacial score (nSPS) is 16.1. The number of amides is 1. The molecule has 5 nitrogen and oxygen atoms in total. The van der Waals surface area contributed by atoms with Gasteiger partial charge in [0.05, 0.1) is 10.2 Å². The fourth-order valence-electron chi connectivity index (χ4n) is 2.18. The Morgan fingerprint density at radius 3 is 2.76 bits per heavy atom. The van der Waals surface area contributed by atoms with E-state index in [0.717, 1.165) is 10.2 Å². The molecule has 0 bridgehead atoms. The van der Waals surface area contributed by atoms with Crippen LogP contribution in [0, 0.1) is 0 Å². The molecule has 0 spiro atoms. The molecule has 7 heteroatoms. The van der Waals surface area contributed by atoms with Gasteiger partial charge in [-0.1, -0.05) is 11.6 Å². The van der Waals surface area contributed by atoms with Crippen LogP contribution in [-0.2, 0) is 4.74 Å². The van der Waals surface area contributed by atoms with Crippen molar-refractivity contribution in [3.8, 4) is 0 Å². The van der Waals surface area contributed by atoms with Crippen LogP contribution in [-0.4, -0.2) is 39.7 Å².